The summed E-state index contributed by atoms with van der Waals surface area (Å²) in [5, 5.41) is 11.3. The first-order valence-corrected chi connectivity index (χ1v) is 10.6. The number of aliphatic hydroxyl groups excluding tert-OH is 1. The lowest BCUT2D eigenvalue weighted by Crippen LogP contribution is -2.49. The number of aliphatic hydroxyl groups is 1. The third-order valence-electron chi connectivity index (χ3n) is 5.69. The standard InChI is InChI=1S/C24H29N3O3/c1-2-18-3-6-20(7-4-18)27-13-11-26(12-14-27)16-21(28)17-30-22-8-9-23-19(15-22)5-10-24(29)25-23/h3-10,15,21,28H,2,11-14,16-17H2,1H3,(H,25,29). The molecule has 2 heterocycles. The highest BCUT2D eigenvalue weighted by atomic mass is 16.5. The highest BCUT2D eigenvalue weighted by Crippen LogP contribution is 2.19. The van der Waals surface area contributed by atoms with E-state index in [9.17, 15) is 9.90 Å². The minimum Gasteiger partial charge on any atom is -0.491 e. The smallest absolute Gasteiger partial charge is 0.248 e. The molecular weight excluding hydrogens is 378 g/mol. The summed E-state index contributed by atoms with van der Waals surface area (Å²) in [4.78, 5) is 18.8. The van der Waals surface area contributed by atoms with Crippen molar-refractivity contribution in [2.24, 2.45) is 0 Å². The summed E-state index contributed by atoms with van der Waals surface area (Å²) >= 11 is 0. The second-order valence-electron chi connectivity index (χ2n) is 7.84. The van der Waals surface area contributed by atoms with Gasteiger partial charge in [-0.05, 0) is 48.4 Å². The van der Waals surface area contributed by atoms with Crippen LogP contribution in [0.15, 0.2) is 59.4 Å². The van der Waals surface area contributed by atoms with Crippen LogP contribution in [-0.2, 0) is 6.42 Å². The Morgan fingerprint density at radius 2 is 1.80 bits per heavy atom. The summed E-state index contributed by atoms with van der Waals surface area (Å²) < 4.78 is 5.78. The minimum absolute atomic E-state index is 0.121. The highest BCUT2D eigenvalue weighted by molar-refractivity contribution is 5.79. The van der Waals surface area contributed by atoms with Crippen molar-refractivity contribution in [3.8, 4) is 5.75 Å². The van der Waals surface area contributed by atoms with Crippen molar-refractivity contribution in [3.63, 3.8) is 0 Å². The molecular formula is C24H29N3O3. The number of aromatic amines is 1. The highest BCUT2D eigenvalue weighted by Gasteiger charge is 2.19. The van der Waals surface area contributed by atoms with E-state index >= 15 is 0 Å². The Kier molecular flexibility index (Phi) is 6.35. The zero-order chi connectivity index (χ0) is 20.9. The number of pyridine rings is 1. The lowest BCUT2D eigenvalue weighted by molar-refractivity contribution is 0.0663. The summed E-state index contributed by atoms with van der Waals surface area (Å²) in [5.74, 6) is 0.689. The Hall–Kier alpha value is -2.83. The maximum atomic E-state index is 11.4. The van der Waals surface area contributed by atoms with Crippen LogP contribution in [0.5, 0.6) is 5.75 Å². The van der Waals surface area contributed by atoms with Crippen LogP contribution in [0.1, 0.15) is 12.5 Å². The number of hydrogen-bond acceptors (Lipinski definition) is 5. The summed E-state index contributed by atoms with van der Waals surface area (Å²) in [6, 6.07) is 17.6. The second kappa shape index (κ2) is 9.32. The molecule has 4 rings (SSSR count). The number of aryl methyl sites for hydroxylation is 1. The monoisotopic (exact) mass is 407 g/mol. The van der Waals surface area contributed by atoms with Crippen molar-refractivity contribution >= 4 is 16.6 Å². The molecule has 158 valence electrons. The molecule has 1 fully saturated rings. The molecule has 1 atom stereocenters. The number of rotatable bonds is 7. The minimum atomic E-state index is -0.549. The van der Waals surface area contributed by atoms with Gasteiger partial charge in [0.25, 0.3) is 0 Å². The van der Waals surface area contributed by atoms with E-state index in [1.54, 1.807) is 6.07 Å². The molecule has 2 N–H and O–H groups in total. The molecule has 1 unspecified atom stereocenters. The average Bonchev–Trinajstić information content (AvgIpc) is 2.78. The molecule has 30 heavy (non-hydrogen) atoms. The van der Waals surface area contributed by atoms with Gasteiger partial charge in [0, 0.05) is 55.4 Å². The second-order valence-corrected chi connectivity index (χ2v) is 7.84. The Morgan fingerprint density at radius 1 is 1.03 bits per heavy atom. The summed E-state index contributed by atoms with van der Waals surface area (Å²) in [5.41, 5.74) is 3.29. The normalized spacial score (nSPS) is 16.0. The van der Waals surface area contributed by atoms with E-state index in [4.69, 9.17) is 4.74 Å². The van der Waals surface area contributed by atoms with Crippen LogP contribution < -0.4 is 15.2 Å². The molecule has 1 aliphatic heterocycles. The molecule has 0 saturated carbocycles. The first kappa shape index (κ1) is 20.4. The fourth-order valence-corrected chi connectivity index (χ4v) is 3.90. The van der Waals surface area contributed by atoms with Gasteiger partial charge in [-0.25, -0.2) is 0 Å². The van der Waals surface area contributed by atoms with Crippen LogP contribution in [0.4, 0.5) is 5.69 Å². The van der Waals surface area contributed by atoms with Crippen molar-refractivity contribution in [1.82, 2.24) is 9.88 Å². The molecule has 6 heteroatoms. The molecule has 0 aliphatic carbocycles. The van der Waals surface area contributed by atoms with E-state index < -0.39 is 6.10 Å². The molecule has 2 aromatic carbocycles. The number of β-amino-alcohol motifs (C(OH)–C–C–N with tert-alkyl or cyclic N) is 1. The van der Waals surface area contributed by atoms with Crippen LogP contribution in [0, 0.1) is 0 Å². The zero-order valence-corrected chi connectivity index (χ0v) is 17.4. The van der Waals surface area contributed by atoms with Crippen molar-refractivity contribution in [3.05, 3.63) is 70.5 Å². The molecule has 0 bridgehead atoms. The van der Waals surface area contributed by atoms with Gasteiger partial charge < -0.3 is 19.7 Å². The number of hydrogen-bond donors (Lipinski definition) is 2. The zero-order valence-electron chi connectivity index (χ0n) is 17.4. The van der Waals surface area contributed by atoms with Gasteiger partial charge >= 0.3 is 0 Å². The fraction of sp³-hybridized carbons (Fsp3) is 0.375. The number of H-pyrrole nitrogens is 1. The van der Waals surface area contributed by atoms with E-state index in [1.807, 2.05) is 18.2 Å². The molecule has 1 saturated heterocycles. The Morgan fingerprint density at radius 3 is 2.53 bits per heavy atom. The van der Waals surface area contributed by atoms with Crippen LogP contribution in [-0.4, -0.2) is 60.4 Å². The van der Waals surface area contributed by atoms with Crippen molar-refractivity contribution in [2.45, 2.75) is 19.4 Å². The number of aromatic nitrogens is 1. The van der Waals surface area contributed by atoms with E-state index in [-0.39, 0.29) is 12.2 Å². The Labute approximate surface area is 176 Å². The first-order chi connectivity index (χ1) is 14.6. The van der Waals surface area contributed by atoms with Gasteiger partial charge in [-0.1, -0.05) is 19.1 Å². The van der Waals surface area contributed by atoms with Crippen LogP contribution in [0.2, 0.25) is 0 Å². The van der Waals surface area contributed by atoms with E-state index in [0.717, 1.165) is 43.5 Å². The van der Waals surface area contributed by atoms with Gasteiger partial charge in [-0.2, -0.15) is 0 Å². The van der Waals surface area contributed by atoms with E-state index in [2.05, 4.69) is 46.0 Å². The van der Waals surface area contributed by atoms with Gasteiger partial charge in [0.05, 0.1) is 0 Å². The third-order valence-corrected chi connectivity index (χ3v) is 5.69. The van der Waals surface area contributed by atoms with Crippen molar-refractivity contribution < 1.29 is 9.84 Å². The molecule has 0 radical (unpaired) electrons. The molecule has 0 amide bonds. The first-order valence-electron chi connectivity index (χ1n) is 10.6. The van der Waals surface area contributed by atoms with Crippen LogP contribution >= 0.6 is 0 Å². The topological polar surface area (TPSA) is 68.8 Å². The average molecular weight is 408 g/mol. The quantitative estimate of drug-likeness (QED) is 0.630. The number of nitrogens with one attached hydrogen (secondary N) is 1. The summed E-state index contributed by atoms with van der Waals surface area (Å²) in [6.07, 6.45) is 0.513. The Balaban J connectivity index is 1.24. The summed E-state index contributed by atoms with van der Waals surface area (Å²) in [6.45, 7) is 6.79. The molecule has 6 nitrogen and oxygen atoms in total. The Bertz CT molecular complexity index is 1020. The SMILES string of the molecule is CCc1ccc(N2CCN(CC(O)COc3ccc4[nH]c(=O)ccc4c3)CC2)cc1. The lowest BCUT2D eigenvalue weighted by Gasteiger charge is -2.37. The number of anilines is 1. The predicted molar refractivity (Wildman–Crippen MR) is 121 cm³/mol. The lowest BCUT2D eigenvalue weighted by atomic mass is 10.1. The predicted octanol–water partition coefficient (Wildman–Crippen LogP) is 2.65. The van der Waals surface area contributed by atoms with Crippen LogP contribution in [0.25, 0.3) is 10.9 Å². The summed E-state index contributed by atoms with van der Waals surface area (Å²) in [7, 11) is 0. The number of benzene rings is 2. The number of nitrogens with zero attached hydrogens (tertiary/aromatic N) is 2. The molecule has 1 aromatic heterocycles. The van der Waals surface area contributed by atoms with E-state index in [1.165, 1.54) is 17.3 Å². The number of fused-ring (bicyclic) bond motifs is 1. The molecule has 3 aromatic rings. The largest absolute Gasteiger partial charge is 0.491 e. The van der Waals surface area contributed by atoms with Gasteiger partial charge in [-0.15, -0.1) is 0 Å². The van der Waals surface area contributed by atoms with Gasteiger partial charge in [-0.3, -0.25) is 9.69 Å². The molecule has 0 spiro atoms. The maximum Gasteiger partial charge on any atom is 0.248 e. The number of piperazine rings is 1. The van der Waals surface area contributed by atoms with Gasteiger partial charge in [0.2, 0.25) is 5.56 Å². The maximum absolute atomic E-state index is 11.4. The fourth-order valence-electron chi connectivity index (χ4n) is 3.90. The molecule has 1 aliphatic rings. The van der Waals surface area contributed by atoms with Crippen molar-refractivity contribution in [1.29, 1.82) is 0 Å². The number of ether oxygens (including phenoxy) is 1. The van der Waals surface area contributed by atoms with Crippen LogP contribution in [0.3, 0.4) is 0 Å². The third kappa shape index (κ3) is 5.01. The van der Waals surface area contributed by atoms with Gasteiger partial charge in [0.15, 0.2) is 0 Å². The van der Waals surface area contributed by atoms with Gasteiger partial charge in [0.1, 0.15) is 18.5 Å². The van der Waals surface area contributed by atoms with E-state index in [0.29, 0.717) is 12.3 Å². The van der Waals surface area contributed by atoms with Crippen molar-refractivity contribution in [2.75, 3.05) is 44.2 Å².